The van der Waals surface area contributed by atoms with Gasteiger partial charge < -0.3 is 4.98 Å². The highest BCUT2D eigenvalue weighted by Gasteiger charge is 1.78. The van der Waals surface area contributed by atoms with Crippen LogP contribution in [0.5, 0.6) is 0 Å². The maximum absolute atomic E-state index is 3.46. The first-order chi connectivity index (χ1) is 3.41. The first-order valence-electron chi connectivity index (χ1n) is 3.12. The van der Waals surface area contributed by atoms with Gasteiger partial charge in [-0.3, -0.25) is 0 Å². The van der Waals surface area contributed by atoms with E-state index in [9.17, 15) is 0 Å². The lowest BCUT2D eigenvalue weighted by Crippen LogP contribution is -2.19. The van der Waals surface area contributed by atoms with Crippen LogP contribution in [0.15, 0.2) is 0 Å². The van der Waals surface area contributed by atoms with Crippen LogP contribution in [0.2, 0.25) is 5.67 Å². The predicted octanol–water partition coefficient (Wildman–Crippen LogP) is -1.19. The Bertz CT molecular complexity index is 28.9. The van der Waals surface area contributed by atoms with E-state index in [2.05, 4.69) is 11.9 Å². The van der Waals surface area contributed by atoms with Gasteiger partial charge in [-0.05, 0) is 13.0 Å². The summed E-state index contributed by atoms with van der Waals surface area (Å²) in [5, 5.41) is 0. The van der Waals surface area contributed by atoms with Crippen LogP contribution in [0.4, 0.5) is 0 Å². The highest BCUT2D eigenvalue weighted by Crippen LogP contribution is 1.67. The van der Waals surface area contributed by atoms with E-state index in [0.717, 1.165) is 0 Å². The Morgan fingerprint density at radius 3 is 2.86 bits per heavy atom. The summed E-state index contributed by atoms with van der Waals surface area (Å²) in [7, 11) is 1.63. The van der Waals surface area contributed by atoms with Gasteiger partial charge in [-0.25, -0.2) is 0 Å². The number of hydrogen-bond acceptors (Lipinski definition) is 1. The lowest BCUT2D eigenvalue weighted by molar-refractivity contribution is 0.861. The molecule has 3 heteroatoms. The molecule has 0 saturated heterocycles. The highest BCUT2D eigenvalue weighted by molar-refractivity contribution is 6.44. The molecule has 0 aromatic heterocycles. The summed E-state index contributed by atoms with van der Waals surface area (Å²) in [5.74, 6) is 0. The van der Waals surface area contributed by atoms with E-state index in [0.29, 0.717) is 0 Å². The lowest BCUT2D eigenvalue weighted by Gasteiger charge is -1.94. The molecule has 0 fully saturated rings. The van der Waals surface area contributed by atoms with Gasteiger partial charge in [0.05, 0.1) is 9.68 Å². The predicted molar refractivity (Wildman–Crippen MR) is 41.6 cm³/mol. The molecular formula is C4H15NSi2. The first kappa shape index (κ1) is 7.39. The monoisotopic (exact) mass is 133 g/mol. The molecule has 0 aliphatic heterocycles. The van der Waals surface area contributed by atoms with Crippen molar-refractivity contribution in [2.45, 2.75) is 19.0 Å². The van der Waals surface area contributed by atoms with Crippen LogP contribution in [0.25, 0.3) is 0 Å². The third-order valence-corrected chi connectivity index (χ3v) is 3.56. The van der Waals surface area contributed by atoms with Crippen molar-refractivity contribution in [2.75, 3.05) is 6.54 Å². The van der Waals surface area contributed by atoms with E-state index in [-0.39, 0.29) is 9.68 Å². The summed E-state index contributed by atoms with van der Waals surface area (Å²) in [6.07, 6.45) is 1.30. The maximum atomic E-state index is 3.46. The summed E-state index contributed by atoms with van der Waals surface area (Å²) >= 11 is 0. The Labute approximate surface area is 51.2 Å². The van der Waals surface area contributed by atoms with Gasteiger partial charge in [0.2, 0.25) is 0 Å². The van der Waals surface area contributed by atoms with Crippen LogP contribution in [-0.4, -0.2) is 26.5 Å². The molecule has 0 saturated carbocycles. The summed E-state index contributed by atoms with van der Waals surface area (Å²) < 4.78 is 0. The van der Waals surface area contributed by atoms with Crippen molar-refractivity contribution in [1.82, 2.24) is 4.98 Å². The third-order valence-electron chi connectivity index (χ3n) is 0.854. The second-order valence-corrected chi connectivity index (χ2v) is 6.75. The standard InChI is InChI=1S/C4H15NSi2/c1-2-3-5-7-4-6/h5H,2-4,7H2,1,6H3. The van der Waals surface area contributed by atoms with E-state index in [1.807, 2.05) is 0 Å². The fraction of sp³-hybridized carbons (Fsp3) is 1.00. The van der Waals surface area contributed by atoms with Gasteiger partial charge in [0.1, 0.15) is 0 Å². The molecule has 0 spiro atoms. The van der Waals surface area contributed by atoms with Crippen molar-refractivity contribution in [3.05, 3.63) is 0 Å². The summed E-state index contributed by atoms with van der Waals surface area (Å²) in [5.41, 5.74) is 1.53. The second kappa shape index (κ2) is 6.39. The van der Waals surface area contributed by atoms with E-state index in [1.54, 1.807) is 0 Å². The van der Waals surface area contributed by atoms with E-state index >= 15 is 0 Å². The molecule has 0 heterocycles. The fourth-order valence-corrected chi connectivity index (χ4v) is 2.50. The molecule has 0 radical (unpaired) electrons. The Hall–Kier alpha value is 0.394. The Morgan fingerprint density at radius 1 is 1.71 bits per heavy atom. The zero-order valence-electron chi connectivity index (χ0n) is 5.33. The van der Waals surface area contributed by atoms with Gasteiger partial charge in [-0.1, -0.05) is 12.6 Å². The van der Waals surface area contributed by atoms with Crippen molar-refractivity contribution >= 4 is 19.9 Å². The average Bonchev–Trinajstić information content (AvgIpc) is 1.69. The van der Waals surface area contributed by atoms with Crippen LogP contribution < -0.4 is 4.98 Å². The van der Waals surface area contributed by atoms with E-state index < -0.39 is 0 Å². The molecule has 0 bridgehead atoms. The minimum atomic E-state index is 0.222. The number of rotatable bonds is 4. The maximum Gasteiger partial charge on any atom is 0.0882 e. The van der Waals surface area contributed by atoms with Gasteiger partial charge in [0.25, 0.3) is 0 Å². The quantitative estimate of drug-likeness (QED) is 0.376. The second-order valence-electron chi connectivity index (χ2n) is 1.75. The minimum Gasteiger partial charge on any atom is -0.342 e. The molecule has 0 rings (SSSR count). The van der Waals surface area contributed by atoms with Crippen molar-refractivity contribution in [3.63, 3.8) is 0 Å². The Kier molecular flexibility index (Phi) is 6.75. The molecule has 0 atom stereocenters. The molecule has 1 N–H and O–H groups in total. The topological polar surface area (TPSA) is 12.0 Å². The van der Waals surface area contributed by atoms with Crippen LogP contribution in [-0.2, 0) is 0 Å². The van der Waals surface area contributed by atoms with Gasteiger partial charge in [-0.15, -0.1) is 0 Å². The van der Waals surface area contributed by atoms with Gasteiger partial charge in [0.15, 0.2) is 0 Å². The molecule has 7 heavy (non-hydrogen) atoms. The SMILES string of the molecule is CCCN[SiH2]C[SiH3]. The molecule has 0 aliphatic rings. The van der Waals surface area contributed by atoms with E-state index in [4.69, 9.17) is 0 Å². The largest absolute Gasteiger partial charge is 0.342 e. The van der Waals surface area contributed by atoms with Crippen molar-refractivity contribution in [3.8, 4) is 0 Å². The van der Waals surface area contributed by atoms with Crippen LogP contribution in [0, 0.1) is 0 Å². The molecule has 0 amide bonds. The molecule has 0 aromatic rings. The highest BCUT2D eigenvalue weighted by atomic mass is 28.3. The van der Waals surface area contributed by atoms with Crippen molar-refractivity contribution in [2.24, 2.45) is 0 Å². The summed E-state index contributed by atoms with van der Waals surface area (Å²) in [4.78, 5) is 3.46. The zero-order valence-corrected chi connectivity index (χ0v) is 8.74. The molecular weight excluding hydrogens is 118 g/mol. The van der Waals surface area contributed by atoms with Crippen molar-refractivity contribution in [1.29, 1.82) is 0 Å². The summed E-state index contributed by atoms with van der Waals surface area (Å²) in [6, 6.07) is 0. The molecule has 0 unspecified atom stereocenters. The first-order valence-corrected chi connectivity index (χ1v) is 6.24. The zero-order chi connectivity index (χ0) is 5.54. The van der Waals surface area contributed by atoms with Crippen LogP contribution >= 0.6 is 0 Å². The van der Waals surface area contributed by atoms with Gasteiger partial charge in [0, 0.05) is 10.2 Å². The molecule has 0 aromatic carbocycles. The smallest absolute Gasteiger partial charge is 0.0882 e. The van der Waals surface area contributed by atoms with Crippen LogP contribution in [0.1, 0.15) is 13.3 Å². The fourth-order valence-electron chi connectivity index (χ4n) is 0.479. The van der Waals surface area contributed by atoms with Crippen molar-refractivity contribution < 1.29 is 0 Å². The van der Waals surface area contributed by atoms with Gasteiger partial charge in [-0.2, -0.15) is 0 Å². The normalized spacial score (nSPS) is 11.6. The van der Waals surface area contributed by atoms with Crippen LogP contribution in [0.3, 0.4) is 0 Å². The summed E-state index contributed by atoms with van der Waals surface area (Å²) in [6.45, 7) is 3.48. The number of nitrogens with one attached hydrogen (secondary N) is 1. The molecule has 0 aliphatic carbocycles. The van der Waals surface area contributed by atoms with Gasteiger partial charge >= 0.3 is 0 Å². The third kappa shape index (κ3) is 6.39. The Morgan fingerprint density at radius 2 is 2.43 bits per heavy atom. The molecule has 1 nitrogen and oxygen atoms in total. The average molecular weight is 133 g/mol. The molecule has 44 valence electrons. The lowest BCUT2D eigenvalue weighted by atomic mass is 10.5. The number of hydrogen-bond donors (Lipinski definition) is 1. The minimum absolute atomic E-state index is 0.222. The Balaban J connectivity index is 2.45. The van der Waals surface area contributed by atoms with E-state index in [1.165, 1.54) is 28.9 Å².